The first-order valence-corrected chi connectivity index (χ1v) is 7.84. The van der Waals surface area contributed by atoms with Gasteiger partial charge in [-0.25, -0.2) is 0 Å². The van der Waals surface area contributed by atoms with Gasteiger partial charge < -0.3 is 9.64 Å². The fourth-order valence-corrected chi connectivity index (χ4v) is 4.78. The SMILES string of the molecule is COC(=O)C1CC2CCCN2C12C(=O)N(C)c1ccccc12. The van der Waals surface area contributed by atoms with Crippen LogP contribution in [0, 0.1) is 5.92 Å². The normalized spacial score (nSPS) is 33.4. The molecular weight excluding hydrogens is 280 g/mol. The molecule has 3 aliphatic heterocycles. The van der Waals surface area contributed by atoms with E-state index in [0.717, 1.165) is 30.6 Å². The van der Waals surface area contributed by atoms with Crippen molar-refractivity contribution in [2.24, 2.45) is 5.92 Å². The maximum Gasteiger partial charge on any atom is 0.311 e. The molecule has 5 heteroatoms. The van der Waals surface area contributed by atoms with Crippen molar-refractivity contribution in [3.63, 3.8) is 0 Å². The first-order chi connectivity index (χ1) is 10.6. The number of ether oxygens (including phenoxy) is 1. The van der Waals surface area contributed by atoms with Crippen LogP contribution in [0.15, 0.2) is 24.3 Å². The summed E-state index contributed by atoms with van der Waals surface area (Å²) in [5, 5.41) is 0. The third-order valence-electron chi connectivity index (χ3n) is 5.63. The molecule has 3 unspecified atom stereocenters. The lowest BCUT2D eigenvalue weighted by Crippen LogP contribution is -2.54. The number of nitrogens with zero attached hydrogens (tertiary/aromatic N) is 2. The molecule has 5 nitrogen and oxygen atoms in total. The average molecular weight is 300 g/mol. The van der Waals surface area contributed by atoms with Crippen molar-refractivity contribution in [2.75, 3.05) is 25.6 Å². The van der Waals surface area contributed by atoms with E-state index in [1.807, 2.05) is 24.3 Å². The summed E-state index contributed by atoms with van der Waals surface area (Å²) in [6.45, 7) is 0.867. The summed E-state index contributed by atoms with van der Waals surface area (Å²) in [5.41, 5.74) is 1.01. The van der Waals surface area contributed by atoms with Crippen molar-refractivity contribution < 1.29 is 14.3 Å². The number of carbonyl (C=O) groups is 2. The molecule has 2 saturated heterocycles. The maximum absolute atomic E-state index is 13.2. The van der Waals surface area contributed by atoms with E-state index in [9.17, 15) is 9.59 Å². The van der Waals surface area contributed by atoms with Gasteiger partial charge in [-0.3, -0.25) is 14.5 Å². The highest BCUT2D eigenvalue weighted by atomic mass is 16.5. The summed E-state index contributed by atoms with van der Waals surface area (Å²) in [4.78, 5) is 29.6. The predicted molar refractivity (Wildman–Crippen MR) is 81.4 cm³/mol. The Labute approximate surface area is 129 Å². The molecule has 1 aromatic rings. The zero-order valence-electron chi connectivity index (χ0n) is 12.9. The van der Waals surface area contributed by atoms with Gasteiger partial charge in [-0.2, -0.15) is 0 Å². The zero-order chi connectivity index (χ0) is 15.5. The Kier molecular flexibility index (Phi) is 2.85. The molecule has 0 saturated carbocycles. The number of amides is 1. The van der Waals surface area contributed by atoms with Gasteiger partial charge in [0.15, 0.2) is 0 Å². The topological polar surface area (TPSA) is 49.9 Å². The number of rotatable bonds is 1. The van der Waals surface area contributed by atoms with Crippen molar-refractivity contribution in [1.29, 1.82) is 0 Å². The molecule has 4 rings (SSSR count). The minimum absolute atomic E-state index is 0.00787. The average Bonchev–Trinajstić information content (AvgIpc) is 3.17. The van der Waals surface area contributed by atoms with Crippen LogP contribution in [0.1, 0.15) is 24.8 Å². The first-order valence-electron chi connectivity index (χ1n) is 7.84. The Bertz CT molecular complexity index is 659. The van der Waals surface area contributed by atoms with Gasteiger partial charge in [0.1, 0.15) is 5.54 Å². The summed E-state index contributed by atoms with van der Waals surface area (Å²) in [7, 11) is 3.21. The highest BCUT2D eigenvalue weighted by Crippen LogP contribution is 2.56. The zero-order valence-corrected chi connectivity index (χ0v) is 12.9. The second kappa shape index (κ2) is 4.56. The third-order valence-corrected chi connectivity index (χ3v) is 5.63. The molecule has 22 heavy (non-hydrogen) atoms. The summed E-state index contributed by atoms with van der Waals surface area (Å²) in [5.74, 6) is -0.678. The number of carbonyl (C=O) groups excluding carboxylic acids is 2. The second-order valence-corrected chi connectivity index (χ2v) is 6.45. The largest absolute Gasteiger partial charge is 0.469 e. The van der Waals surface area contributed by atoms with Crippen molar-refractivity contribution in [2.45, 2.75) is 30.8 Å². The number of benzene rings is 1. The molecule has 116 valence electrons. The molecule has 0 bridgehead atoms. The van der Waals surface area contributed by atoms with E-state index in [1.54, 1.807) is 11.9 Å². The molecular formula is C17H20N2O3. The highest BCUT2D eigenvalue weighted by Gasteiger charge is 2.67. The van der Waals surface area contributed by atoms with Gasteiger partial charge in [-0.05, 0) is 31.9 Å². The molecule has 1 aromatic carbocycles. The molecule has 0 aliphatic carbocycles. The number of likely N-dealkylation sites (N-methyl/N-ethyl adjacent to an activating group) is 1. The van der Waals surface area contributed by atoms with Crippen LogP contribution in [0.5, 0.6) is 0 Å². The summed E-state index contributed by atoms with van der Waals surface area (Å²) >= 11 is 0. The van der Waals surface area contributed by atoms with E-state index >= 15 is 0 Å². The first kappa shape index (κ1) is 13.8. The van der Waals surface area contributed by atoms with E-state index in [0.29, 0.717) is 12.5 Å². The Morgan fingerprint density at radius 1 is 1.36 bits per heavy atom. The lowest BCUT2D eigenvalue weighted by atomic mass is 9.79. The molecule has 1 amide bonds. The monoisotopic (exact) mass is 300 g/mol. The van der Waals surface area contributed by atoms with Crippen LogP contribution in [0.3, 0.4) is 0 Å². The number of hydrogen-bond donors (Lipinski definition) is 0. The molecule has 3 aliphatic rings. The van der Waals surface area contributed by atoms with Gasteiger partial charge in [-0.1, -0.05) is 18.2 Å². The summed E-state index contributed by atoms with van der Waals surface area (Å²) in [6.07, 6.45) is 2.84. The van der Waals surface area contributed by atoms with E-state index in [2.05, 4.69) is 4.90 Å². The predicted octanol–water partition coefficient (Wildman–Crippen LogP) is 1.52. The van der Waals surface area contributed by atoms with E-state index in [4.69, 9.17) is 4.74 Å². The Hall–Kier alpha value is -1.88. The van der Waals surface area contributed by atoms with Crippen molar-refractivity contribution in [1.82, 2.24) is 4.90 Å². The maximum atomic E-state index is 13.2. The number of para-hydroxylation sites is 1. The third kappa shape index (κ3) is 1.42. The van der Waals surface area contributed by atoms with E-state index in [1.165, 1.54) is 7.11 Å². The Morgan fingerprint density at radius 2 is 2.14 bits per heavy atom. The van der Waals surface area contributed by atoms with Crippen molar-refractivity contribution >= 4 is 17.6 Å². The standard InChI is InChI=1S/C17H20N2O3/c1-18-14-8-4-3-7-12(14)17(16(18)21)13(15(20)22-2)10-11-6-5-9-19(11)17/h3-4,7-8,11,13H,5-6,9-10H2,1-2H3. The molecule has 0 aromatic heterocycles. The van der Waals surface area contributed by atoms with Gasteiger partial charge in [0.25, 0.3) is 5.91 Å². The highest BCUT2D eigenvalue weighted by molar-refractivity contribution is 6.10. The van der Waals surface area contributed by atoms with Crippen LogP contribution < -0.4 is 4.90 Å². The lowest BCUT2D eigenvalue weighted by molar-refractivity contribution is -0.153. The quantitative estimate of drug-likeness (QED) is 0.738. The lowest BCUT2D eigenvalue weighted by Gasteiger charge is -2.36. The number of anilines is 1. The molecule has 3 heterocycles. The number of esters is 1. The van der Waals surface area contributed by atoms with E-state index < -0.39 is 11.5 Å². The van der Waals surface area contributed by atoms with Crippen LogP contribution in [0.25, 0.3) is 0 Å². The second-order valence-electron chi connectivity index (χ2n) is 6.45. The molecule has 0 N–H and O–H groups in total. The molecule has 1 spiro atoms. The Morgan fingerprint density at radius 3 is 2.91 bits per heavy atom. The van der Waals surface area contributed by atoms with Gasteiger partial charge >= 0.3 is 5.97 Å². The van der Waals surface area contributed by atoms with Crippen LogP contribution in [0.4, 0.5) is 5.69 Å². The molecule has 2 fully saturated rings. The summed E-state index contributed by atoms with van der Waals surface area (Å²) in [6, 6.07) is 8.14. The van der Waals surface area contributed by atoms with Gasteiger partial charge in [0.2, 0.25) is 0 Å². The fraction of sp³-hybridized carbons (Fsp3) is 0.529. The van der Waals surface area contributed by atoms with Crippen LogP contribution in [-0.4, -0.2) is 43.5 Å². The number of hydrogen-bond acceptors (Lipinski definition) is 4. The van der Waals surface area contributed by atoms with E-state index in [-0.39, 0.29) is 11.9 Å². The van der Waals surface area contributed by atoms with Crippen molar-refractivity contribution in [3.8, 4) is 0 Å². The smallest absolute Gasteiger partial charge is 0.311 e. The fourth-order valence-electron chi connectivity index (χ4n) is 4.78. The van der Waals surface area contributed by atoms with Crippen LogP contribution in [-0.2, 0) is 19.9 Å². The molecule has 0 radical (unpaired) electrons. The molecule has 3 atom stereocenters. The van der Waals surface area contributed by atoms with Crippen molar-refractivity contribution in [3.05, 3.63) is 29.8 Å². The van der Waals surface area contributed by atoms with Crippen LogP contribution >= 0.6 is 0 Å². The Balaban J connectivity index is 1.96. The minimum Gasteiger partial charge on any atom is -0.469 e. The minimum atomic E-state index is -0.862. The van der Waals surface area contributed by atoms with Gasteiger partial charge in [-0.15, -0.1) is 0 Å². The van der Waals surface area contributed by atoms with Crippen LogP contribution in [0.2, 0.25) is 0 Å². The number of methoxy groups -OCH3 is 1. The van der Waals surface area contributed by atoms with Gasteiger partial charge in [0, 0.05) is 24.3 Å². The number of fused-ring (bicyclic) bond motifs is 4. The summed E-state index contributed by atoms with van der Waals surface area (Å²) < 4.78 is 5.05. The van der Waals surface area contributed by atoms with Gasteiger partial charge in [0.05, 0.1) is 13.0 Å².